The topological polar surface area (TPSA) is 72.8 Å². The van der Waals surface area contributed by atoms with Crippen LogP contribution in [0.1, 0.15) is 6.92 Å². The molecule has 0 saturated heterocycles. The molecule has 18 heavy (non-hydrogen) atoms. The smallest absolute Gasteiger partial charge is 0.387 e. The second kappa shape index (κ2) is 7.04. The van der Waals surface area contributed by atoms with Crippen LogP contribution in [0.2, 0.25) is 0 Å². The SMILES string of the molecule is C=C(C)C(=O)OP(=O)(CC[N+](C)(C)C)OCCO. The van der Waals surface area contributed by atoms with Crippen LogP contribution in [0.15, 0.2) is 12.2 Å². The largest absolute Gasteiger partial charge is 0.394 e. The quantitative estimate of drug-likeness (QED) is 0.408. The van der Waals surface area contributed by atoms with Gasteiger partial charge in [-0.3, -0.25) is 4.52 Å². The van der Waals surface area contributed by atoms with Gasteiger partial charge in [-0.1, -0.05) is 6.58 Å². The highest BCUT2D eigenvalue weighted by atomic mass is 31.2. The summed E-state index contributed by atoms with van der Waals surface area (Å²) in [7, 11) is 2.25. The van der Waals surface area contributed by atoms with E-state index in [1.165, 1.54) is 6.92 Å². The lowest BCUT2D eigenvalue weighted by Crippen LogP contribution is -2.37. The van der Waals surface area contributed by atoms with Crippen molar-refractivity contribution in [2.75, 3.05) is 47.1 Å². The summed E-state index contributed by atoms with van der Waals surface area (Å²) in [5.74, 6) is -0.738. The first-order chi connectivity index (χ1) is 8.09. The van der Waals surface area contributed by atoms with E-state index in [9.17, 15) is 9.36 Å². The van der Waals surface area contributed by atoms with Crippen LogP contribution in [0, 0.1) is 0 Å². The molecule has 0 fully saturated rings. The maximum absolute atomic E-state index is 12.3. The fourth-order valence-electron chi connectivity index (χ4n) is 0.943. The molecule has 6 nitrogen and oxygen atoms in total. The van der Waals surface area contributed by atoms with E-state index >= 15 is 0 Å². The molecule has 0 bridgehead atoms. The van der Waals surface area contributed by atoms with Gasteiger partial charge in [0.2, 0.25) is 0 Å². The van der Waals surface area contributed by atoms with Gasteiger partial charge in [0.1, 0.15) is 6.16 Å². The number of aliphatic hydroxyl groups excluding tert-OH is 1. The van der Waals surface area contributed by atoms with Gasteiger partial charge in [-0.15, -0.1) is 0 Å². The number of hydrogen-bond donors (Lipinski definition) is 1. The lowest BCUT2D eigenvalue weighted by molar-refractivity contribution is -0.867. The van der Waals surface area contributed by atoms with E-state index in [0.717, 1.165) is 0 Å². The molecule has 0 rings (SSSR count). The lowest BCUT2D eigenvalue weighted by Gasteiger charge is -2.26. The molecule has 0 aromatic heterocycles. The first kappa shape index (κ1) is 17.3. The molecule has 106 valence electrons. The van der Waals surface area contributed by atoms with E-state index in [1.54, 1.807) is 0 Å². The maximum Gasteiger partial charge on any atom is 0.387 e. The number of quaternary nitrogens is 1. The Morgan fingerprint density at radius 3 is 2.33 bits per heavy atom. The molecule has 0 radical (unpaired) electrons. The van der Waals surface area contributed by atoms with Crippen LogP contribution in [-0.2, 0) is 18.4 Å². The molecule has 1 unspecified atom stereocenters. The third-order valence-corrected chi connectivity index (χ3v) is 3.76. The number of aliphatic hydroxyl groups is 1. The molecular formula is C11H23NO5P+. The zero-order valence-electron chi connectivity index (χ0n) is 11.5. The molecule has 0 spiro atoms. The second-order valence-electron chi connectivity index (χ2n) is 5.06. The van der Waals surface area contributed by atoms with Crippen LogP contribution >= 0.6 is 7.60 Å². The third kappa shape index (κ3) is 7.61. The predicted octanol–water partition coefficient (Wildman–Crippen LogP) is 1.01. The van der Waals surface area contributed by atoms with E-state index < -0.39 is 13.6 Å². The fraction of sp³-hybridized carbons (Fsp3) is 0.727. The van der Waals surface area contributed by atoms with Gasteiger partial charge in [0.25, 0.3) is 0 Å². The predicted molar refractivity (Wildman–Crippen MR) is 69.3 cm³/mol. The molecule has 0 aromatic carbocycles. The van der Waals surface area contributed by atoms with Crippen molar-refractivity contribution < 1.29 is 28.0 Å². The number of rotatable bonds is 8. The molecule has 0 amide bonds. The molecule has 0 aliphatic rings. The fourth-order valence-corrected chi connectivity index (χ4v) is 2.83. The average Bonchev–Trinajstić information content (AvgIpc) is 2.23. The molecular weight excluding hydrogens is 257 g/mol. The van der Waals surface area contributed by atoms with E-state index in [1.807, 2.05) is 21.1 Å². The Bertz CT molecular complexity index is 348. The third-order valence-electron chi connectivity index (χ3n) is 1.99. The summed E-state index contributed by atoms with van der Waals surface area (Å²) in [4.78, 5) is 11.4. The van der Waals surface area contributed by atoms with Crippen LogP contribution in [0.25, 0.3) is 0 Å². The maximum atomic E-state index is 12.3. The highest BCUT2D eigenvalue weighted by molar-refractivity contribution is 7.54. The minimum absolute atomic E-state index is 0.107. The van der Waals surface area contributed by atoms with E-state index in [0.29, 0.717) is 11.0 Å². The van der Waals surface area contributed by atoms with E-state index in [-0.39, 0.29) is 24.9 Å². The standard InChI is InChI=1S/C11H23NO5P/c1-10(2)11(14)17-18(15,16-8-7-13)9-6-12(3,4)5/h13H,1,6-9H2,2-5H3/q+1. The van der Waals surface area contributed by atoms with Crippen molar-refractivity contribution in [2.45, 2.75) is 6.92 Å². The van der Waals surface area contributed by atoms with Gasteiger partial charge in [0.15, 0.2) is 0 Å². The molecule has 0 aliphatic heterocycles. The summed E-state index contributed by atoms with van der Waals surface area (Å²) < 4.78 is 22.7. The van der Waals surface area contributed by atoms with Crippen molar-refractivity contribution >= 4 is 13.6 Å². The summed E-state index contributed by atoms with van der Waals surface area (Å²) in [5.41, 5.74) is 0.160. The van der Waals surface area contributed by atoms with E-state index in [2.05, 4.69) is 6.58 Å². The highest BCUT2D eigenvalue weighted by Crippen LogP contribution is 2.48. The van der Waals surface area contributed by atoms with Gasteiger partial charge in [0, 0.05) is 5.57 Å². The van der Waals surface area contributed by atoms with Gasteiger partial charge >= 0.3 is 13.6 Å². The van der Waals surface area contributed by atoms with Crippen LogP contribution in [-0.4, -0.2) is 62.6 Å². The van der Waals surface area contributed by atoms with Gasteiger partial charge in [-0.05, 0) is 6.92 Å². The van der Waals surface area contributed by atoms with Crippen molar-refractivity contribution in [3.05, 3.63) is 12.2 Å². The van der Waals surface area contributed by atoms with Gasteiger partial charge in [0.05, 0.1) is 40.9 Å². The van der Waals surface area contributed by atoms with Crippen LogP contribution in [0.5, 0.6) is 0 Å². The molecule has 0 saturated carbocycles. The summed E-state index contributed by atoms with van der Waals surface area (Å²) in [5, 5.41) is 8.69. The number of carbonyl (C=O) groups is 1. The van der Waals surface area contributed by atoms with Crippen LogP contribution in [0.3, 0.4) is 0 Å². The van der Waals surface area contributed by atoms with Crippen molar-refractivity contribution in [1.82, 2.24) is 0 Å². The van der Waals surface area contributed by atoms with Gasteiger partial charge in [-0.25, -0.2) is 9.36 Å². The van der Waals surface area contributed by atoms with Gasteiger partial charge in [-0.2, -0.15) is 0 Å². The lowest BCUT2D eigenvalue weighted by atomic mass is 10.4. The molecule has 1 N–H and O–H groups in total. The summed E-state index contributed by atoms with van der Waals surface area (Å²) in [6, 6.07) is 0. The average molecular weight is 280 g/mol. The molecule has 1 atom stereocenters. The molecule has 7 heteroatoms. The molecule has 0 aromatic rings. The van der Waals surface area contributed by atoms with Crippen molar-refractivity contribution in [3.8, 4) is 0 Å². The molecule has 0 heterocycles. The minimum atomic E-state index is -3.53. The Kier molecular flexibility index (Phi) is 6.78. The first-order valence-corrected chi connectivity index (χ1v) is 7.37. The summed E-state index contributed by atoms with van der Waals surface area (Å²) in [6.07, 6.45) is 0.107. The first-order valence-electron chi connectivity index (χ1n) is 5.64. The number of carbonyl (C=O) groups excluding carboxylic acids is 1. The Morgan fingerprint density at radius 2 is 1.94 bits per heavy atom. The number of nitrogens with zero attached hydrogens (tertiary/aromatic N) is 1. The Balaban J connectivity index is 4.67. The Labute approximate surface area is 108 Å². The van der Waals surface area contributed by atoms with Crippen molar-refractivity contribution in [2.24, 2.45) is 0 Å². The zero-order chi connectivity index (χ0) is 14.4. The monoisotopic (exact) mass is 280 g/mol. The summed E-state index contributed by atoms with van der Waals surface area (Å²) >= 11 is 0. The normalized spacial score (nSPS) is 14.9. The van der Waals surface area contributed by atoms with Crippen molar-refractivity contribution in [1.29, 1.82) is 0 Å². The van der Waals surface area contributed by atoms with Crippen LogP contribution in [0.4, 0.5) is 0 Å². The number of hydrogen-bond acceptors (Lipinski definition) is 5. The molecule has 0 aliphatic carbocycles. The van der Waals surface area contributed by atoms with E-state index in [4.69, 9.17) is 14.2 Å². The Morgan fingerprint density at radius 1 is 1.39 bits per heavy atom. The van der Waals surface area contributed by atoms with Crippen LogP contribution < -0.4 is 0 Å². The second-order valence-corrected chi connectivity index (χ2v) is 7.17. The Hall–Kier alpha value is -0.680. The summed E-state index contributed by atoms with van der Waals surface area (Å²) in [6.45, 7) is 5.01. The minimum Gasteiger partial charge on any atom is -0.394 e. The van der Waals surface area contributed by atoms with Crippen molar-refractivity contribution in [3.63, 3.8) is 0 Å². The highest BCUT2D eigenvalue weighted by Gasteiger charge is 2.31. The zero-order valence-corrected chi connectivity index (χ0v) is 12.4. The van der Waals surface area contributed by atoms with Gasteiger partial charge < -0.3 is 14.1 Å².